The quantitative estimate of drug-likeness (QED) is 0.624. The standard InChI is InChI=1S/C20H24F2N6OS/c1-12(9-13-10-23-15-6-4-3-5-14(13)15)24-18(29)19-25-26-20(30-19)28-8-7-27(2)16(11-28)17(21)22/h3-6,10,12,16-17,23H,7-9,11H2,1-2H3,(H,24,29). The van der Waals surface area contributed by atoms with Gasteiger partial charge in [0.25, 0.3) is 12.3 Å². The van der Waals surface area contributed by atoms with Gasteiger partial charge in [-0.25, -0.2) is 8.78 Å². The highest BCUT2D eigenvalue weighted by molar-refractivity contribution is 7.17. The molecule has 160 valence electrons. The van der Waals surface area contributed by atoms with E-state index in [-0.39, 0.29) is 23.5 Å². The molecule has 3 aromatic rings. The van der Waals surface area contributed by atoms with Crippen molar-refractivity contribution in [3.05, 3.63) is 41.0 Å². The van der Waals surface area contributed by atoms with Gasteiger partial charge in [0.1, 0.15) is 0 Å². The van der Waals surface area contributed by atoms with E-state index in [1.54, 1.807) is 16.8 Å². The number of nitrogens with one attached hydrogen (secondary N) is 2. The number of anilines is 1. The fraction of sp³-hybridized carbons (Fsp3) is 0.450. The Labute approximate surface area is 177 Å². The van der Waals surface area contributed by atoms with Gasteiger partial charge in [-0.3, -0.25) is 9.69 Å². The maximum absolute atomic E-state index is 13.2. The molecule has 1 aromatic carbocycles. The number of piperazine rings is 1. The lowest BCUT2D eigenvalue weighted by atomic mass is 10.1. The Kier molecular flexibility index (Phi) is 5.96. The zero-order chi connectivity index (χ0) is 21.3. The Morgan fingerprint density at radius 1 is 1.33 bits per heavy atom. The second kappa shape index (κ2) is 8.65. The number of aromatic nitrogens is 3. The van der Waals surface area contributed by atoms with Crippen molar-refractivity contribution in [2.75, 3.05) is 31.6 Å². The number of aromatic amines is 1. The molecule has 4 rings (SSSR count). The van der Waals surface area contributed by atoms with Crippen molar-refractivity contribution in [2.24, 2.45) is 0 Å². The fourth-order valence-electron chi connectivity index (χ4n) is 3.75. The third-order valence-corrected chi connectivity index (χ3v) is 6.43. The highest BCUT2D eigenvalue weighted by Gasteiger charge is 2.32. The SMILES string of the molecule is CC(Cc1c[nH]c2ccccc12)NC(=O)c1nnc(N2CCN(C)C(C(F)F)C2)s1. The van der Waals surface area contributed by atoms with Gasteiger partial charge in [-0.15, -0.1) is 10.2 Å². The summed E-state index contributed by atoms with van der Waals surface area (Å²) >= 11 is 1.14. The number of amides is 1. The van der Waals surface area contributed by atoms with Crippen LogP contribution < -0.4 is 10.2 Å². The van der Waals surface area contributed by atoms with Crippen LogP contribution >= 0.6 is 11.3 Å². The Morgan fingerprint density at radius 2 is 2.13 bits per heavy atom. The van der Waals surface area contributed by atoms with E-state index >= 15 is 0 Å². The Bertz CT molecular complexity index is 1020. The molecule has 0 aliphatic carbocycles. The zero-order valence-electron chi connectivity index (χ0n) is 16.8. The summed E-state index contributed by atoms with van der Waals surface area (Å²) in [5.41, 5.74) is 2.20. The zero-order valence-corrected chi connectivity index (χ0v) is 17.6. The molecule has 1 amide bonds. The Hall–Kier alpha value is -2.59. The lowest BCUT2D eigenvalue weighted by Crippen LogP contribution is -2.54. The molecule has 0 bridgehead atoms. The van der Waals surface area contributed by atoms with Gasteiger partial charge in [0.15, 0.2) is 0 Å². The minimum Gasteiger partial charge on any atom is -0.361 e. The van der Waals surface area contributed by atoms with E-state index in [1.165, 1.54) is 0 Å². The summed E-state index contributed by atoms with van der Waals surface area (Å²) in [6.07, 6.45) is 0.206. The molecule has 1 saturated heterocycles. The number of fused-ring (bicyclic) bond motifs is 1. The van der Waals surface area contributed by atoms with Crippen molar-refractivity contribution in [1.29, 1.82) is 0 Å². The minimum absolute atomic E-state index is 0.101. The topological polar surface area (TPSA) is 77.1 Å². The van der Waals surface area contributed by atoms with Crippen molar-refractivity contribution in [2.45, 2.75) is 31.9 Å². The monoisotopic (exact) mass is 434 g/mol. The molecule has 1 aliphatic rings. The maximum atomic E-state index is 13.2. The lowest BCUT2D eigenvalue weighted by molar-refractivity contribution is 0.0325. The van der Waals surface area contributed by atoms with Crippen LogP contribution in [0.15, 0.2) is 30.5 Å². The predicted molar refractivity (Wildman–Crippen MR) is 113 cm³/mol. The average Bonchev–Trinajstić information content (AvgIpc) is 3.36. The summed E-state index contributed by atoms with van der Waals surface area (Å²) in [4.78, 5) is 19.3. The predicted octanol–water partition coefficient (Wildman–Crippen LogP) is 2.77. The number of carbonyl (C=O) groups is 1. The van der Waals surface area contributed by atoms with Crippen molar-refractivity contribution in [1.82, 2.24) is 25.4 Å². The molecule has 30 heavy (non-hydrogen) atoms. The molecule has 0 spiro atoms. The van der Waals surface area contributed by atoms with E-state index in [2.05, 4.69) is 26.6 Å². The first-order valence-corrected chi connectivity index (χ1v) is 10.7. The van der Waals surface area contributed by atoms with Crippen LogP contribution in [0.2, 0.25) is 0 Å². The number of likely N-dealkylation sites (N-methyl/N-ethyl adjacent to an activating group) is 1. The van der Waals surface area contributed by atoms with E-state index < -0.39 is 12.5 Å². The van der Waals surface area contributed by atoms with E-state index in [0.717, 1.165) is 27.8 Å². The van der Waals surface area contributed by atoms with Gasteiger partial charge in [0, 0.05) is 42.8 Å². The lowest BCUT2D eigenvalue weighted by Gasteiger charge is -2.38. The van der Waals surface area contributed by atoms with Crippen LogP contribution in [-0.4, -0.2) is 71.2 Å². The van der Waals surface area contributed by atoms with E-state index in [1.807, 2.05) is 31.3 Å². The molecular formula is C20H24F2N6OS. The molecule has 0 saturated carbocycles. The molecule has 7 nitrogen and oxygen atoms in total. The van der Waals surface area contributed by atoms with Gasteiger partial charge in [-0.05, 0) is 32.0 Å². The molecule has 2 atom stereocenters. The van der Waals surface area contributed by atoms with Crippen LogP contribution in [0.5, 0.6) is 0 Å². The maximum Gasteiger partial charge on any atom is 0.282 e. The molecule has 0 radical (unpaired) electrons. The van der Waals surface area contributed by atoms with Crippen molar-refractivity contribution in [3.63, 3.8) is 0 Å². The van der Waals surface area contributed by atoms with Crippen LogP contribution in [0.3, 0.4) is 0 Å². The summed E-state index contributed by atoms with van der Waals surface area (Å²) in [6.45, 7) is 3.20. The molecule has 2 unspecified atom stereocenters. The number of hydrogen-bond acceptors (Lipinski definition) is 6. The fourth-order valence-corrected chi connectivity index (χ4v) is 4.53. The number of benzene rings is 1. The second-order valence-corrected chi connectivity index (χ2v) is 8.61. The first-order chi connectivity index (χ1) is 14.4. The number of halogens is 2. The highest BCUT2D eigenvalue weighted by Crippen LogP contribution is 2.25. The second-order valence-electron chi connectivity index (χ2n) is 7.66. The Morgan fingerprint density at radius 3 is 2.93 bits per heavy atom. The van der Waals surface area contributed by atoms with Gasteiger partial charge in [0.05, 0.1) is 6.04 Å². The van der Waals surface area contributed by atoms with E-state index in [0.29, 0.717) is 24.6 Å². The van der Waals surface area contributed by atoms with Crippen LogP contribution in [0.4, 0.5) is 13.9 Å². The average molecular weight is 435 g/mol. The van der Waals surface area contributed by atoms with Gasteiger partial charge in [0.2, 0.25) is 10.1 Å². The van der Waals surface area contributed by atoms with Crippen molar-refractivity contribution in [3.8, 4) is 0 Å². The summed E-state index contributed by atoms with van der Waals surface area (Å²) in [7, 11) is 1.70. The summed E-state index contributed by atoms with van der Waals surface area (Å²) < 4.78 is 26.4. The Balaban J connectivity index is 1.38. The molecular weight excluding hydrogens is 410 g/mol. The van der Waals surface area contributed by atoms with Gasteiger partial charge in [-0.2, -0.15) is 0 Å². The largest absolute Gasteiger partial charge is 0.361 e. The molecule has 10 heteroatoms. The van der Waals surface area contributed by atoms with Gasteiger partial charge in [-0.1, -0.05) is 29.5 Å². The minimum atomic E-state index is -2.43. The molecule has 3 heterocycles. The van der Waals surface area contributed by atoms with Gasteiger partial charge >= 0.3 is 0 Å². The van der Waals surface area contributed by atoms with E-state index in [4.69, 9.17) is 0 Å². The number of rotatable bonds is 6. The normalized spacial score (nSPS) is 18.8. The van der Waals surface area contributed by atoms with Crippen molar-refractivity contribution >= 4 is 33.3 Å². The third-order valence-electron chi connectivity index (χ3n) is 5.44. The molecule has 2 N–H and O–H groups in total. The summed E-state index contributed by atoms with van der Waals surface area (Å²) in [5.74, 6) is -0.300. The molecule has 2 aromatic heterocycles. The van der Waals surface area contributed by atoms with E-state index in [9.17, 15) is 13.6 Å². The van der Waals surface area contributed by atoms with Crippen LogP contribution in [0.1, 0.15) is 22.3 Å². The van der Waals surface area contributed by atoms with Crippen molar-refractivity contribution < 1.29 is 13.6 Å². The number of para-hydroxylation sites is 1. The smallest absolute Gasteiger partial charge is 0.282 e. The summed E-state index contributed by atoms with van der Waals surface area (Å²) in [6, 6.07) is 7.08. The first-order valence-electron chi connectivity index (χ1n) is 9.85. The number of H-pyrrole nitrogens is 1. The first kappa shape index (κ1) is 20.7. The summed E-state index contributed by atoms with van der Waals surface area (Å²) in [5, 5.41) is 12.9. The molecule has 1 aliphatic heterocycles. The van der Waals surface area contributed by atoms with Crippen LogP contribution in [-0.2, 0) is 6.42 Å². The van der Waals surface area contributed by atoms with Gasteiger partial charge < -0.3 is 15.2 Å². The number of alkyl halides is 2. The van der Waals surface area contributed by atoms with Crippen LogP contribution in [0, 0.1) is 0 Å². The molecule has 1 fully saturated rings. The highest BCUT2D eigenvalue weighted by atomic mass is 32.1. The number of nitrogens with zero attached hydrogens (tertiary/aromatic N) is 4. The third kappa shape index (κ3) is 4.29. The number of carbonyl (C=O) groups excluding carboxylic acids is 1. The number of hydrogen-bond donors (Lipinski definition) is 2. The van der Waals surface area contributed by atoms with Crippen LogP contribution in [0.25, 0.3) is 10.9 Å².